The van der Waals surface area contributed by atoms with Crippen LogP contribution >= 0.6 is 11.3 Å². The van der Waals surface area contributed by atoms with Gasteiger partial charge in [-0.2, -0.15) is 0 Å². The van der Waals surface area contributed by atoms with Crippen LogP contribution in [0.25, 0.3) is 11.4 Å². The van der Waals surface area contributed by atoms with E-state index in [4.69, 9.17) is 0 Å². The first-order chi connectivity index (χ1) is 13.2. The molecular formula is C21H24N4OS. The van der Waals surface area contributed by atoms with Crippen molar-refractivity contribution in [1.29, 1.82) is 0 Å². The van der Waals surface area contributed by atoms with Crippen molar-refractivity contribution in [3.05, 3.63) is 52.0 Å². The normalized spacial score (nSPS) is 13.8. The Labute approximate surface area is 163 Å². The second-order valence-electron chi connectivity index (χ2n) is 7.06. The zero-order chi connectivity index (χ0) is 18.6. The zero-order valence-corrected chi connectivity index (χ0v) is 16.4. The summed E-state index contributed by atoms with van der Waals surface area (Å²) in [5.41, 5.74) is 2.92. The van der Waals surface area contributed by atoms with Crippen LogP contribution in [-0.2, 0) is 24.2 Å². The number of carbonyl (C=O) groups excluding carboxylic acids is 1. The third-order valence-corrected chi connectivity index (χ3v) is 5.99. The van der Waals surface area contributed by atoms with Gasteiger partial charge in [-0.25, -0.2) is 0 Å². The second kappa shape index (κ2) is 8.05. The van der Waals surface area contributed by atoms with Gasteiger partial charge in [-0.1, -0.05) is 24.6 Å². The molecule has 6 heteroatoms. The highest BCUT2D eigenvalue weighted by Gasteiger charge is 2.17. The van der Waals surface area contributed by atoms with Crippen LogP contribution in [0.1, 0.15) is 41.9 Å². The summed E-state index contributed by atoms with van der Waals surface area (Å²) in [6.45, 7) is 2.98. The van der Waals surface area contributed by atoms with Crippen molar-refractivity contribution in [1.82, 2.24) is 14.8 Å². The molecule has 1 amide bonds. The van der Waals surface area contributed by atoms with E-state index in [1.54, 1.807) is 11.3 Å². The van der Waals surface area contributed by atoms with Gasteiger partial charge in [-0.05, 0) is 49.3 Å². The fourth-order valence-corrected chi connectivity index (χ4v) is 4.21. The predicted octanol–water partition coefficient (Wildman–Crippen LogP) is 4.61. The van der Waals surface area contributed by atoms with Gasteiger partial charge in [0, 0.05) is 35.5 Å². The van der Waals surface area contributed by atoms with Gasteiger partial charge in [0.15, 0.2) is 5.82 Å². The number of rotatable bonds is 5. The van der Waals surface area contributed by atoms with Crippen LogP contribution < -0.4 is 5.32 Å². The highest BCUT2D eigenvalue weighted by Crippen LogP contribution is 2.27. The molecule has 3 aromatic rings. The molecule has 0 atom stereocenters. The Bertz CT molecular complexity index is 930. The Morgan fingerprint density at radius 1 is 1.22 bits per heavy atom. The number of hydrogen-bond acceptors (Lipinski definition) is 4. The molecule has 1 aromatic carbocycles. The van der Waals surface area contributed by atoms with Gasteiger partial charge in [0.1, 0.15) is 5.82 Å². The third-order valence-electron chi connectivity index (χ3n) is 5.06. The Kier molecular flexibility index (Phi) is 5.34. The molecule has 0 bridgehead atoms. The molecule has 27 heavy (non-hydrogen) atoms. The Hall–Kier alpha value is -2.47. The summed E-state index contributed by atoms with van der Waals surface area (Å²) >= 11 is 1.69. The van der Waals surface area contributed by atoms with Crippen molar-refractivity contribution in [3.63, 3.8) is 0 Å². The molecular weight excluding hydrogens is 356 g/mol. The Morgan fingerprint density at radius 3 is 3.00 bits per heavy atom. The standard InChI is InChI=1S/C21H24N4OS/c1-15-8-9-16(21-24-23-19-7-3-2-4-12-25(19)21)14-18(15)22-20(26)11-10-17-6-5-13-27-17/h5-6,8-9,13-14H,2-4,7,10-12H2,1H3,(H,22,26). The quantitative estimate of drug-likeness (QED) is 0.703. The molecule has 0 radical (unpaired) electrons. The maximum Gasteiger partial charge on any atom is 0.224 e. The topological polar surface area (TPSA) is 59.8 Å². The van der Waals surface area contributed by atoms with Crippen molar-refractivity contribution in [2.45, 2.75) is 52.0 Å². The SMILES string of the molecule is Cc1ccc(-c2nnc3n2CCCCC3)cc1NC(=O)CCc1cccs1. The van der Waals surface area contributed by atoms with Crippen LogP contribution in [0.3, 0.4) is 0 Å². The smallest absolute Gasteiger partial charge is 0.224 e. The van der Waals surface area contributed by atoms with Crippen LogP contribution in [0.15, 0.2) is 35.7 Å². The molecule has 0 aliphatic carbocycles. The summed E-state index contributed by atoms with van der Waals surface area (Å²) in [6, 6.07) is 10.2. The summed E-state index contributed by atoms with van der Waals surface area (Å²) in [4.78, 5) is 13.6. The summed E-state index contributed by atoms with van der Waals surface area (Å²) in [6.07, 6.45) is 5.84. The molecule has 4 rings (SSSR count). The first-order valence-electron chi connectivity index (χ1n) is 9.56. The van der Waals surface area contributed by atoms with Crippen molar-refractivity contribution >= 4 is 22.9 Å². The number of benzene rings is 1. The Morgan fingerprint density at radius 2 is 2.15 bits per heavy atom. The largest absolute Gasteiger partial charge is 0.326 e. The molecule has 0 fully saturated rings. The number of nitrogens with one attached hydrogen (secondary N) is 1. The number of aromatic nitrogens is 3. The average Bonchev–Trinajstić information content (AvgIpc) is 3.27. The van der Waals surface area contributed by atoms with Gasteiger partial charge in [-0.3, -0.25) is 4.79 Å². The van der Waals surface area contributed by atoms with E-state index in [1.165, 1.54) is 17.7 Å². The summed E-state index contributed by atoms with van der Waals surface area (Å²) < 4.78 is 2.24. The Balaban J connectivity index is 1.51. The minimum atomic E-state index is 0.0451. The molecule has 2 aromatic heterocycles. The highest BCUT2D eigenvalue weighted by molar-refractivity contribution is 7.09. The lowest BCUT2D eigenvalue weighted by atomic mass is 10.1. The summed E-state index contributed by atoms with van der Waals surface area (Å²) in [5, 5.41) is 13.9. The van der Waals surface area contributed by atoms with Crippen molar-refractivity contribution in [2.75, 3.05) is 5.32 Å². The number of aryl methyl sites for hydroxylation is 3. The van der Waals surface area contributed by atoms with E-state index >= 15 is 0 Å². The molecule has 3 heterocycles. The van der Waals surface area contributed by atoms with E-state index in [0.29, 0.717) is 6.42 Å². The number of thiophene rings is 1. The number of fused-ring (bicyclic) bond motifs is 1. The molecule has 1 N–H and O–H groups in total. The van der Waals surface area contributed by atoms with Gasteiger partial charge in [0.2, 0.25) is 5.91 Å². The number of carbonyl (C=O) groups is 1. The third kappa shape index (κ3) is 4.11. The van der Waals surface area contributed by atoms with Crippen LogP contribution in [0.4, 0.5) is 5.69 Å². The predicted molar refractivity (Wildman–Crippen MR) is 109 cm³/mol. The van der Waals surface area contributed by atoms with Crippen molar-refractivity contribution < 1.29 is 4.79 Å². The number of amides is 1. The van der Waals surface area contributed by atoms with Gasteiger partial charge in [-0.15, -0.1) is 21.5 Å². The second-order valence-corrected chi connectivity index (χ2v) is 8.09. The maximum absolute atomic E-state index is 12.4. The first-order valence-corrected chi connectivity index (χ1v) is 10.4. The molecule has 1 aliphatic rings. The van der Waals surface area contributed by atoms with Crippen LogP contribution in [0, 0.1) is 6.92 Å². The van der Waals surface area contributed by atoms with Crippen LogP contribution in [-0.4, -0.2) is 20.7 Å². The molecule has 140 valence electrons. The molecule has 1 aliphatic heterocycles. The van der Waals surface area contributed by atoms with Crippen molar-refractivity contribution in [2.24, 2.45) is 0 Å². The van der Waals surface area contributed by atoms with E-state index < -0.39 is 0 Å². The summed E-state index contributed by atoms with van der Waals surface area (Å²) in [7, 11) is 0. The van der Waals surface area contributed by atoms with E-state index in [2.05, 4.69) is 32.2 Å². The maximum atomic E-state index is 12.4. The summed E-state index contributed by atoms with van der Waals surface area (Å²) in [5.74, 6) is 2.02. The number of anilines is 1. The molecule has 0 saturated heterocycles. The fourth-order valence-electron chi connectivity index (χ4n) is 3.50. The van der Waals surface area contributed by atoms with E-state index in [1.807, 2.05) is 30.5 Å². The zero-order valence-electron chi connectivity index (χ0n) is 15.6. The number of hydrogen-bond donors (Lipinski definition) is 1. The molecule has 0 spiro atoms. The van der Waals surface area contributed by atoms with Crippen LogP contribution in [0.5, 0.6) is 0 Å². The number of nitrogens with zero attached hydrogens (tertiary/aromatic N) is 3. The molecule has 0 unspecified atom stereocenters. The molecule has 0 saturated carbocycles. The van der Waals surface area contributed by atoms with Gasteiger partial charge in [0.25, 0.3) is 0 Å². The van der Waals surface area contributed by atoms with Gasteiger partial charge < -0.3 is 9.88 Å². The highest BCUT2D eigenvalue weighted by atomic mass is 32.1. The van der Waals surface area contributed by atoms with Gasteiger partial charge >= 0.3 is 0 Å². The lowest BCUT2D eigenvalue weighted by Gasteiger charge is -2.12. The van der Waals surface area contributed by atoms with Crippen LogP contribution in [0.2, 0.25) is 0 Å². The minimum absolute atomic E-state index is 0.0451. The van der Waals surface area contributed by atoms with E-state index in [9.17, 15) is 4.79 Å². The lowest BCUT2D eigenvalue weighted by Crippen LogP contribution is -2.13. The average molecular weight is 381 g/mol. The van der Waals surface area contributed by atoms with Crippen molar-refractivity contribution in [3.8, 4) is 11.4 Å². The van der Waals surface area contributed by atoms with E-state index in [0.717, 1.165) is 54.3 Å². The minimum Gasteiger partial charge on any atom is -0.326 e. The fraction of sp³-hybridized carbons (Fsp3) is 0.381. The first kappa shape index (κ1) is 17.9. The monoisotopic (exact) mass is 380 g/mol. The van der Waals surface area contributed by atoms with E-state index in [-0.39, 0.29) is 5.91 Å². The molecule has 5 nitrogen and oxygen atoms in total. The van der Waals surface area contributed by atoms with Gasteiger partial charge in [0.05, 0.1) is 0 Å². The lowest BCUT2D eigenvalue weighted by molar-refractivity contribution is -0.116.